The number of hydrogen-bond acceptors (Lipinski definition) is 15. The number of fused-ring (bicyclic) bond motifs is 3. The van der Waals surface area contributed by atoms with Gasteiger partial charge in [0.1, 0.15) is 26.9 Å². The normalized spacial score (nSPS) is 15.0. The minimum atomic E-state index is -4.86. The quantitative estimate of drug-likeness (QED) is 0.0843. The summed E-state index contributed by atoms with van der Waals surface area (Å²) in [5, 5.41) is 10.9. The zero-order valence-corrected chi connectivity index (χ0v) is 43.4. The smallest absolute Gasteiger partial charge is 0.407 e. The molecule has 2 N–H and O–H groups in total. The first-order valence-electron chi connectivity index (χ1n) is 22.5. The Bertz CT molecular complexity index is 2900. The summed E-state index contributed by atoms with van der Waals surface area (Å²) < 4.78 is 91.3. The fourth-order valence-corrected chi connectivity index (χ4v) is 12.5. The second-order valence-corrected chi connectivity index (χ2v) is 27.7. The number of rotatable bonds is 18. The number of benzene rings is 3. The summed E-state index contributed by atoms with van der Waals surface area (Å²) in [6.45, 7) is 15.2. The van der Waals surface area contributed by atoms with Crippen molar-refractivity contribution in [3.8, 4) is 11.5 Å². The first kappa shape index (κ1) is 51.1. The van der Waals surface area contributed by atoms with E-state index >= 15 is 16.8 Å². The van der Waals surface area contributed by atoms with E-state index in [0.717, 1.165) is 11.4 Å². The molecule has 22 heteroatoms. The second kappa shape index (κ2) is 20.3. The molecule has 2 aliphatic rings. The Morgan fingerprint density at radius 1 is 0.884 bits per heavy atom. The van der Waals surface area contributed by atoms with E-state index in [1.165, 1.54) is 24.6 Å². The largest absolute Gasteiger partial charge is 0.497 e. The van der Waals surface area contributed by atoms with Gasteiger partial charge < -0.3 is 28.9 Å². The van der Waals surface area contributed by atoms with E-state index in [0.29, 0.717) is 47.1 Å². The molecule has 5 aromatic rings. The van der Waals surface area contributed by atoms with Crippen LogP contribution in [0.15, 0.2) is 104 Å². The number of carbonyl (C=O) groups excluding carboxylic acids is 1. The molecule has 0 spiro atoms. The fraction of sp³-hybridized carbons (Fsp3) is 0.447. The number of imidazole rings is 1. The van der Waals surface area contributed by atoms with E-state index in [9.17, 15) is 4.79 Å². The number of aromatic nitrogens is 3. The lowest BCUT2D eigenvalue weighted by atomic mass is 10.1. The van der Waals surface area contributed by atoms with Crippen LogP contribution in [0.3, 0.4) is 0 Å². The van der Waals surface area contributed by atoms with Gasteiger partial charge in [-0.05, 0) is 92.5 Å². The number of aliphatic imine (C=N–C) groups is 1. The lowest BCUT2D eigenvalue weighted by Crippen LogP contribution is -2.51. The first-order valence-corrected chi connectivity index (χ1v) is 28.4. The average Bonchev–Trinajstić information content (AvgIpc) is 3.97. The Morgan fingerprint density at radius 3 is 2.09 bits per heavy atom. The van der Waals surface area contributed by atoms with Crippen LogP contribution in [0.5, 0.6) is 11.5 Å². The molecule has 0 fully saturated rings. The third kappa shape index (κ3) is 11.8. The second-order valence-electron chi connectivity index (χ2n) is 19.3. The molecule has 2 aromatic heterocycles. The number of hydrogen-bond donors (Lipinski definition) is 2. The van der Waals surface area contributed by atoms with Crippen LogP contribution in [-0.4, -0.2) is 108 Å². The van der Waals surface area contributed by atoms with Crippen molar-refractivity contribution in [2.45, 2.75) is 107 Å². The lowest BCUT2D eigenvalue weighted by Gasteiger charge is -2.39. The maximum absolute atomic E-state index is 16.1. The van der Waals surface area contributed by atoms with Crippen LogP contribution < -0.4 is 24.4 Å². The highest BCUT2D eigenvalue weighted by Gasteiger charge is 2.42. The number of alkyl carbamates (subject to hydrolysis) is 1. The van der Waals surface area contributed by atoms with Crippen LogP contribution in [0.4, 0.5) is 10.5 Å². The number of nitrogens with zero attached hydrogens (tertiary/aromatic N) is 8. The molecule has 0 aliphatic carbocycles. The molecule has 0 radical (unpaired) electrons. The molecule has 1 amide bonds. The lowest BCUT2D eigenvalue weighted by molar-refractivity contribution is 0.0498. The van der Waals surface area contributed by atoms with Crippen molar-refractivity contribution in [3.05, 3.63) is 107 Å². The molecule has 370 valence electrons. The van der Waals surface area contributed by atoms with Gasteiger partial charge >= 0.3 is 6.09 Å². The highest BCUT2D eigenvalue weighted by atomic mass is 32.2. The summed E-state index contributed by atoms with van der Waals surface area (Å²) in [5.74, 6) is 1.64. The average molecular weight is 1000 g/mol. The molecule has 0 saturated carbocycles. The van der Waals surface area contributed by atoms with Crippen molar-refractivity contribution < 1.29 is 40.3 Å². The van der Waals surface area contributed by atoms with Crippen molar-refractivity contribution in [2.75, 3.05) is 45.4 Å². The zero-order valence-electron chi connectivity index (χ0n) is 40.8. The third-order valence-electron chi connectivity index (χ3n) is 12.2. The maximum Gasteiger partial charge on any atom is 0.407 e. The Hall–Kier alpha value is -5.78. The number of sulfonamides is 2. The van der Waals surface area contributed by atoms with E-state index < -0.39 is 56.0 Å². The number of azo groups is 1. The van der Waals surface area contributed by atoms with Crippen molar-refractivity contribution in [3.63, 3.8) is 0 Å². The molecular formula is C47H62N10O9S2Si. The molecule has 19 nitrogen and oxygen atoms in total. The minimum Gasteiger partial charge on any atom is -0.497 e. The monoisotopic (exact) mass is 1000 g/mol. The van der Waals surface area contributed by atoms with Crippen LogP contribution in [0.2, 0.25) is 18.1 Å². The molecule has 69 heavy (non-hydrogen) atoms. The molecule has 7 rings (SSSR count). The zero-order chi connectivity index (χ0) is 49.9. The van der Waals surface area contributed by atoms with Gasteiger partial charge in [0.15, 0.2) is 20.8 Å². The standard InChI is InChI=1S/C47H62N10O9S2Si/c1-46(2,3)65-45(58)49-26-36(66-69(9,10)47(4,5)6)27-52-67(59,60)40-21-20-38(55-25-22-37-39(30-55)57-24-11-23-48-44(57)53-37)41(43-50-31-51-54-43)42(40)68(61,62)56(28-32-12-16-34(63-7)17-13-32)29-33-14-18-35(64-8)19-15-33/h11-21,23-24,36,52H,22,25-31H2,1-10H3,(H,49,58)/t36-/m1/s1. The number of amides is 1. The highest BCUT2D eigenvalue weighted by molar-refractivity contribution is 7.92. The van der Waals surface area contributed by atoms with E-state index in [1.54, 1.807) is 87.6 Å². The molecule has 0 bridgehead atoms. The van der Waals surface area contributed by atoms with Crippen LogP contribution in [0.1, 0.15) is 69.6 Å². The van der Waals surface area contributed by atoms with Crippen molar-refractivity contribution in [1.82, 2.24) is 28.7 Å². The van der Waals surface area contributed by atoms with Gasteiger partial charge in [-0.1, -0.05) is 45.0 Å². The summed E-state index contributed by atoms with van der Waals surface area (Å²) >= 11 is 0. The summed E-state index contributed by atoms with van der Waals surface area (Å²) in [7, 11) is -9.14. The maximum atomic E-state index is 16.1. The van der Waals surface area contributed by atoms with Crippen molar-refractivity contribution in [2.24, 2.45) is 15.2 Å². The third-order valence-corrected chi connectivity index (χ3v) is 20.2. The minimum absolute atomic E-state index is 0.0235. The van der Waals surface area contributed by atoms with Crippen molar-refractivity contribution in [1.29, 1.82) is 0 Å². The van der Waals surface area contributed by atoms with Gasteiger partial charge in [-0.2, -0.15) is 9.42 Å². The first-order chi connectivity index (χ1) is 32.5. The van der Waals surface area contributed by atoms with Crippen LogP contribution in [0, 0.1) is 0 Å². The molecule has 0 unspecified atom stereocenters. The van der Waals surface area contributed by atoms with Gasteiger partial charge in [0.25, 0.3) is 0 Å². The van der Waals surface area contributed by atoms with Crippen LogP contribution in [0.25, 0.3) is 5.78 Å². The number of amidine groups is 1. The van der Waals surface area contributed by atoms with Crippen molar-refractivity contribution >= 4 is 51.8 Å². The molecule has 0 saturated heterocycles. The number of anilines is 1. The summed E-state index contributed by atoms with van der Waals surface area (Å²) in [6, 6.07) is 18.7. The molecule has 1 atom stereocenters. The predicted octanol–water partition coefficient (Wildman–Crippen LogP) is 7.06. The summed E-state index contributed by atoms with van der Waals surface area (Å²) in [5.41, 5.74) is 2.49. The fourth-order valence-electron chi connectivity index (χ4n) is 7.68. The van der Waals surface area contributed by atoms with E-state index in [-0.39, 0.29) is 55.8 Å². The van der Waals surface area contributed by atoms with E-state index in [4.69, 9.17) is 23.6 Å². The predicted molar refractivity (Wildman–Crippen MR) is 264 cm³/mol. The topological polar surface area (TPSA) is 220 Å². The van der Waals surface area contributed by atoms with Gasteiger partial charge in [-0.3, -0.25) is 4.40 Å². The van der Waals surface area contributed by atoms with Crippen LogP contribution >= 0.6 is 0 Å². The van der Waals surface area contributed by atoms with Crippen LogP contribution in [-0.2, 0) is 55.3 Å². The Balaban J connectivity index is 1.39. The van der Waals surface area contributed by atoms with Gasteiger partial charge in [0.05, 0.1) is 43.8 Å². The molecule has 3 aromatic carbocycles. The highest BCUT2D eigenvalue weighted by Crippen LogP contribution is 2.40. The molecule has 4 heterocycles. The number of ether oxygens (including phenoxy) is 3. The Kier molecular flexibility index (Phi) is 15.0. The van der Waals surface area contributed by atoms with Gasteiger partial charge in [-0.25, -0.2) is 41.3 Å². The van der Waals surface area contributed by atoms with Gasteiger partial charge in [-0.15, -0.1) is 5.11 Å². The number of carbonyl (C=O) groups is 1. The molecular weight excluding hydrogens is 941 g/mol. The Labute approximate surface area is 405 Å². The SMILES string of the molecule is COc1ccc(CN(Cc2ccc(OC)cc2)S(=O)(=O)c2c(S(=O)(=O)NC[C@@H](CNC(=O)OC(C)(C)C)O[Si](C)(C)C(C)(C)C)ccc(N3CCc4nc5ncccn5c4C3)c2C2=NCN=N2)cc1. The van der Waals surface area contributed by atoms with E-state index in [1.807, 2.05) is 49.4 Å². The number of nitrogens with one attached hydrogen (secondary N) is 2. The van der Waals surface area contributed by atoms with E-state index in [2.05, 4.69) is 30.2 Å². The molecule has 2 aliphatic heterocycles. The number of methoxy groups -OCH3 is 2. The Morgan fingerprint density at radius 2 is 1.52 bits per heavy atom. The summed E-state index contributed by atoms with van der Waals surface area (Å²) in [4.78, 5) is 27.5. The van der Waals surface area contributed by atoms with Gasteiger partial charge in [0, 0.05) is 57.2 Å². The summed E-state index contributed by atoms with van der Waals surface area (Å²) in [6.07, 6.45) is 2.44. The van der Waals surface area contributed by atoms with Gasteiger partial charge in [0.2, 0.25) is 25.8 Å².